The van der Waals surface area contributed by atoms with E-state index >= 15 is 0 Å². The van der Waals surface area contributed by atoms with Crippen LogP contribution in [0.3, 0.4) is 0 Å². The largest absolute Gasteiger partial charge is 0.326 e. The molecule has 0 saturated heterocycles. The molecule has 0 spiro atoms. The Kier molecular flexibility index (Phi) is 2.33. The maximum Gasteiger partial charge on any atom is 0.178 e. The van der Waals surface area contributed by atoms with Crippen molar-refractivity contribution in [3.05, 3.63) is 35.3 Å². The lowest BCUT2D eigenvalue weighted by molar-refractivity contribution is 1.07. The van der Waals surface area contributed by atoms with E-state index in [2.05, 4.69) is 15.7 Å². The van der Waals surface area contributed by atoms with E-state index < -0.39 is 0 Å². The van der Waals surface area contributed by atoms with Crippen LogP contribution in [0.5, 0.6) is 0 Å². The summed E-state index contributed by atoms with van der Waals surface area (Å²) in [4.78, 5) is 0. The van der Waals surface area contributed by atoms with Crippen molar-refractivity contribution in [2.24, 2.45) is 5.73 Å². The van der Waals surface area contributed by atoms with Gasteiger partial charge in [0.25, 0.3) is 0 Å². The Hall–Kier alpha value is -1.26. The molecular weight excluding hydrogens is 182 g/mol. The van der Waals surface area contributed by atoms with Crippen LogP contribution in [-0.2, 0) is 6.54 Å². The fraction of sp³-hybridized carbons (Fsp3) is 0.111. The summed E-state index contributed by atoms with van der Waals surface area (Å²) < 4.78 is 0. The minimum Gasteiger partial charge on any atom is -0.326 e. The van der Waals surface area contributed by atoms with Crippen molar-refractivity contribution in [1.82, 2.24) is 10.2 Å². The zero-order valence-corrected chi connectivity index (χ0v) is 7.71. The summed E-state index contributed by atoms with van der Waals surface area (Å²) in [6.07, 6.45) is 0. The van der Waals surface area contributed by atoms with Gasteiger partial charge in [-0.1, -0.05) is 29.5 Å². The van der Waals surface area contributed by atoms with E-state index in [0.29, 0.717) is 6.54 Å². The van der Waals surface area contributed by atoms with E-state index in [1.165, 1.54) is 11.3 Å². The number of hydrogen-bond acceptors (Lipinski definition) is 4. The molecule has 0 aliphatic heterocycles. The number of aromatic nitrogens is 2. The normalized spacial score (nSPS) is 10.2. The fourth-order valence-corrected chi connectivity index (χ4v) is 1.59. The van der Waals surface area contributed by atoms with Gasteiger partial charge >= 0.3 is 0 Å². The molecular formula is C9H8N3S. The van der Waals surface area contributed by atoms with Gasteiger partial charge in [0.1, 0.15) is 5.01 Å². The van der Waals surface area contributed by atoms with Crippen LogP contribution in [0.15, 0.2) is 24.3 Å². The second-order valence-corrected chi connectivity index (χ2v) is 3.38. The Morgan fingerprint density at radius 2 is 2.38 bits per heavy atom. The highest BCUT2D eigenvalue weighted by atomic mass is 32.1. The Balaban J connectivity index is 2.41. The summed E-state index contributed by atoms with van der Waals surface area (Å²) >= 11 is 1.41. The van der Waals surface area contributed by atoms with Crippen molar-refractivity contribution in [1.29, 1.82) is 0 Å². The SMILES string of the molecule is NCc1cccc(-c2nn[c]s2)c1. The molecule has 2 aromatic rings. The van der Waals surface area contributed by atoms with Crippen LogP contribution < -0.4 is 5.73 Å². The average molecular weight is 190 g/mol. The van der Waals surface area contributed by atoms with E-state index in [1.807, 2.05) is 24.3 Å². The highest BCUT2D eigenvalue weighted by Gasteiger charge is 2.01. The quantitative estimate of drug-likeness (QED) is 0.780. The average Bonchev–Trinajstić information content (AvgIpc) is 2.71. The number of benzene rings is 1. The van der Waals surface area contributed by atoms with Crippen LogP contribution in [0.4, 0.5) is 0 Å². The molecule has 0 amide bonds. The molecule has 0 saturated carbocycles. The second-order valence-electron chi connectivity index (χ2n) is 2.60. The van der Waals surface area contributed by atoms with Gasteiger partial charge in [-0.15, -0.1) is 10.2 Å². The molecule has 4 heteroatoms. The van der Waals surface area contributed by atoms with E-state index in [0.717, 1.165) is 16.1 Å². The first-order valence-electron chi connectivity index (χ1n) is 3.89. The van der Waals surface area contributed by atoms with Crippen LogP contribution in [0.25, 0.3) is 10.6 Å². The minimum atomic E-state index is 0.552. The van der Waals surface area contributed by atoms with Gasteiger partial charge in [-0.3, -0.25) is 0 Å². The van der Waals surface area contributed by atoms with Crippen molar-refractivity contribution < 1.29 is 0 Å². The zero-order valence-electron chi connectivity index (χ0n) is 6.90. The summed E-state index contributed by atoms with van der Waals surface area (Å²) in [5, 5.41) is 8.48. The zero-order chi connectivity index (χ0) is 9.10. The van der Waals surface area contributed by atoms with Crippen molar-refractivity contribution >= 4 is 11.3 Å². The third-order valence-corrected chi connectivity index (χ3v) is 2.42. The van der Waals surface area contributed by atoms with E-state index in [1.54, 1.807) is 0 Å². The molecule has 2 N–H and O–H groups in total. The molecule has 1 radical (unpaired) electrons. The highest BCUT2D eigenvalue weighted by Crippen LogP contribution is 2.20. The Labute approximate surface area is 80.2 Å². The lowest BCUT2D eigenvalue weighted by Gasteiger charge is -1.98. The van der Waals surface area contributed by atoms with Crippen LogP contribution >= 0.6 is 11.3 Å². The molecule has 65 valence electrons. The van der Waals surface area contributed by atoms with Crippen molar-refractivity contribution in [2.75, 3.05) is 0 Å². The van der Waals surface area contributed by atoms with Gasteiger partial charge in [-0.2, -0.15) is 0 Å². The maximum atomic E-state index is 5.53. The fourth-order valence-electron chi connectivity index (χ4n) is 1.10. The summed E-state index contributed by atoms with van der Waals surface area (Å²) in [6, 6.07) is 7.98. The van der Waals surface area contributed by atoms with Gasteiger partial charge in [0.05, 0.1) is 0 Å². The minimum absolute atomic E-state index is 0.552. The highest BCUT2D eigenvalue weighted by molar-refractivity contribution is 7.12. The molecule has 13 heavy (non-hydrogen) atoms. The number of nitrogens with zero attached hydrogens (tertiary/aromatic N) is 2. The second kappa shape index (κ2) is 3.64. The molecule has 0 fully saturated rings. The Bertz CT molecular complexity index is 384. The number of nitrogens with two attached hydrogens (primary N) is 1. The summed E-state index contributed by atoms with van der Waals surface area (Å²) in [5.41, 5.74) is 10.4. The summed E-state index contributed by atoms with van der Waals surface area (Å²) in [5.74, 6) is 0. The van der Waals surface area contributed by atoms with Gasteiger partial charge in [0, 0.05) is 12.1 Å². The summed E-state index contributed by atoms with van der Waals surface area (Å²) in [7, 11) is 0. The van der Waals surface area contributed by atoms with Crippen molar-refractivity contribution in [2.45, 2.75) is 6.54 Å². The van der Waals surface area contributed by atoms with Gasteiger partial charge in [-0.05, 0) is 11.6 Å². The van der Waals surface area contributed by atoms with E-state index in [4.69, 9.17) is 5.73 Å². The standard InChI is InChI=1S/C9H8N3S/c10-5-7-2-1-3-8(4-7)9-12-11-6-13-9/h1-4H,5,10H2. The molecule has 0 aliphatic rings. The van der Waals surface area contributed by atoms with Crippen molar-refractivity contribution in [3.8, 4) is 10.6 Å². The molecule has 1 heterocycles. The first kappa shape index (κ1) is 8.34. The molecule has 2 rings (SSSR count). The van der Waals surface area contributed by atoms with E-state index in [-0.39, 0.29) is 0 Å². The Morgan fingerprint density at radius 3 is 3.08 bits per heavy atom. The lowest BCUT2D eigenvalue weighted by atomic mass is 10.1. The van der Waals surface area contributed by atoms with Crippen LogP contribution in [0.1, 0.15) is 5.56 Å². The van der Waals surface area contributed by atoms with Crippen LogP contribution in [0, 0.1) is 5.51 Å². The monoisotopic (exact) mass is 190 g/mol. The Morgan fingerprint density at radius 1 is 1.46 bits per heavy atom. The van der Waals surface area contributed by atoms with Crippen LogP contribution in [0.2, 0.25) is 0 Å². The lowest BCUT2D eigenvalue weighted by Crippen LogP contribution is -1.95. The van der Waals surface area contributed by atoms with Gasteiger partial charge in [-0.25, -0.2) is 0 Å². The first-order valence-corrected chi connectivity index (χ1v) is 4.71. The van der Waals surface area contributed by atoms with Crippen LogP contribution in [-0.4, -0.2) is 10.2 Å². The predicted octanol–water partition coefficient (Wildman–Crippen LogP) is 1.46. The van der Waals surface area contributed by atoms with E-state index in [9.17, 15) is 0 Å². The molecule has 1 aromatic heterocycles. The molecule has 0 bridgehead atoms. The summed E-state index contributed by atoms with van der Waals surface area (Å²) in [6.45, 7) is 0.552. The van der Waals surface area contributed by atoms with Gasteiger partial charge in [0.15, 0.2) is 5.51 Å². The molecule has 3 nitrogen and oxygen atoms in total. The number of hydrogen-bond donors (Lipinski definition) is 1. The maximum absolute atomic E-state index is 5.53. The van der Waals surface area contributed by atoms with Gasteiger partial charge < -0.3 is 5.73 Å². The predicted molar refractivity (Wildman–Crippen MR) is 52.1 cm³/mol. The van der Waals surface area contributed by atoms with Gasteiger partial charge in [0.2, 0.25) is 0 Å². The third-order valence-electron chi connectivity index (χ3n) is 1.73. The third kappa shape index (κ3) is 1.74. The topological polar surface area (TPSA) is 51.8 Å². The first-order chi connectivity index (χ1) is 6.40. The molecule has 0 atom stereocenters. The smallest absolute Gasteiger partial charge is 0.178 e. The molecule has 1 aromatic carbocycles. The molecule has 0 aliphatic carbocycles. The number of rotatable bonds is 2. The van der Waals surface area contributed by atoms with Crippen molar-refractivity contribution in [3.63, 3.8) is 0 Å². The molecule has 0 unspecified atom stereocenters.